The largest absolute Gasteiger partial charge is 0.379 e. The molecule has 2 fully saturated rings. The van der Waals surface area contributed by atoms with Crippen LogP contribution < -0.4 is 11.0 Å². The van der Waals surface area contributed by atoms with Gasteiger partial charge in [-0.2, -0.15) is 0 Å². The summed E-state index contributed by atoms with van der Waals surface area (Å²) >= 11 is 0. The molecular weight excluding hydrogens is 316 g/mol. The van der Waals surface area contributed by atoms with Crippen molar-refractivity contribution in [3.63, 3.8) is 0 Å². The van der Waals surface area contributed by atoms with Crippen molar-refractivity contribution in [2.45, 2.75) is 31.8 Å². The molecule has 2 aromatic rings. The highest BCUT2D eigenvalue weighted by Gasteiger charge is 2.22. The smallest absolute Gasteiger partial charge is 0.329 e. The van der Waals surface area contributed by atoms with E-state index in [1.54, 1.807) is 0 Å². The van der Waals surface area contributed by atoms with E-state index in [-0.39, 0.29) is 5.69 Å². The van der Waals surface area contributed by atoms with E-state index in [0.717, 1.165) is 82.8 Å². The van der Waals surface area contributed by atoms with E-state index in [4.69, 9.17) is 4.74 Å². The molecule has 4 rings (SSSR count). The van der Waals surface area contributed by atoms with Crippen molar-refractivity contribution in [1.29, 1.82) is 0 Å². The third-order valence-corrected chi connectivity index (χ3v) is 5.50. The maximum atomic E-state index is 13.1. The van der Waals surface area contributed by atoms with Gasteiger partial charge in [0, 0.05) is 32.2 Å². The summed E-state index contributed by atoms with van der Waals surface area (Å²) in [5.41, 5.74) is 2.33. The van der Waals surface area contributed by atoms with E-state index in [0.29, 0.717) is 6.04 Å². The molecule has 1 aromatic carbocycles. The van der Waals surface area contributed by atoms with E-state index in [9.17, 15) is 4.79 Å². The van der Waals surface area contributed by atoms with Crippen molar-refractivity contribution in [1.82, 2.24) is 19.4 Å². The van der Waals surface area contributed by atoms with Gasteiger partial charge in [0.2, 0.25) is 0 Å². The Labute approximate surface area is 148 Å². The standard InChI is InChI=1S/C19H28N4O2/c24-19-22(11-3-10-21-12-14-25-15-13-21)17-4-1-2-5-18(17)23(19)16-6-8-20-9-7-16/h1-2,4-5,16,20H,3,6-15H2. The van der Waals surface area contributed by atoms with Crippen molar-refractivity contribution in [3.8, 4) is 0 Å². The van der Waals surface area contributed by atoms with Crippen molar-refractivity contribution < 1.29 is 4.74 Å². The molecule has 6 heteroatoms. The van der Waals surface area contributed by atoms with E-state index in [1.165, 1.54) is 0 Å². The number of aromatic nitrogens is 2. The highest BCUT2D eigenvalue weighted by atomic mass is 16.5. The molecule has 1 N–H and O–H groups in total. The normalized spacial score (nSPS) is 20.3. The number of piperidine rings is 1. The van der Waals surface area contributed by atoms with Crippen LogP contribution in [0, 0.1) is 0 Å². The maximum absolute atomic E-state index is 13.1. The molecule has 2 aliphatic rings. The lowest BCUT2D eigenvalue weighted by atomic mass is 10.1. The van der Waals surface area contributed by atoms with Crippen LogP contribution in [0.5, 0.6) is 0 Å². The highest BCUT2D eigenvalue weighted by Crippen LogP contribution is 2.23. The Kier molecular flexibility index (Phi) is 5.20. The molecule has 0 unspecified atom stereocenters. The minimum atomic E-state index is 0.162. The number of nitrogens with one attached hydrogen (secondary N) is 1. The van der Waals surface area contributed by atoms with Crippen LogP contribution in [0.3, 0.4) is 0 Å². The third kappa shape index (κ3) is 3.52. The summed E-state index contributed by atoms with van der Waals surface area (Å²) in [5, 5.41) is 3.39. The van der Waals surface area contributed by atoms with Gasteiger partial charge in [-0.3, -0.25) is 14.0 Å². The zero-order valence-electron chi connectivity index (χ0n) is 14.8. The Bertz CT molecular complexity index is 754. The summed E-state index contributed by atoms with van der Waals surface area (Å²) < 4.78 is 9.44. The number of imidazole rings is 1. The van der Waals surface area contributed by atoms with Crippen LogP contribution in [0.25, 0.3) is 11.0 Å². The van der Waals surface area contributed by atoms with Crippen LogP contribution >= 0.6 is 0 Å². The Hall–Kier alpha value is -1.63. The molecule has 0 atom stereocenters. The van der Waals surface area contributed by atoms with Gasteiger partial charge in [0.15, 0.2) is 0 Å². The second-order valence-electron chi connectivity index (χ2n) is 7.08. The number of hydrogen-bond acceptors (Lipinski definition) is 4. The number of rotatable bonds is 5. The van der Waals surface area contributed by atoms with Gasteiger partial charge in [0.05, 0.1) is 24.2 Å². The van der Waals surface area contributed by atoms with E-state index in [2.05, 4.69) is 22.3 Å². The Balaban J connectivity index is 1.55. The Morgan fingerprint density at radius 2 is 1.76 bits per heavy atom. The second-order valence-corrected chi connectivity index (χ2v) is 7.08. The maximum Gasteiger partial charge on any atom is 0.329 e. The van der Waals surface area contributed by atoms with Crippen molar-refractivity contribution in [3.05, 3.63) is 34.7 Å². The molecule has 136 valence electrons. The monoisotopic (exact) mass is 344 g/mol. The van der Waals surface area contributed by atoms with Gasteiger partial charge < -0.3 is 10.1 Å². The molecule has 0 amide bonds. The Morgan fingerprint density at radius 1 is 1.04 bits per heavy atom. The first-order valence-corrected chi connectivity index (χ1v) is 9.55. The molecular formula is C19H28N4O2. The van der Waals surface area contributed by atoms with Crippen LogP contribution in [0.1, 0.15) is 25.3 Å². The molecule has 6 nitrogen and oxygen atoms in total. The van der Waals surface area contributed by atoms with Gasteiger partial charge >= 0.3 is 5.69 Å². The topological polar surface area (TPSA) is 51.4 Å². The summed E-state index contributed by atoms with van der Waals surface area (Å²) in [4.78, 5) is 15.6. The van der Waals surface area contributed by atoms with Gasteiger partial charge in [0.25, 0.3) is 0 Å². The first-order chi connectivity index (χ1) is 12.3. The zero-order valence-corrected chi connectivity index (χ0v) is 14.8. The average molecular weight is 344 g/mol. The molecule has 25 heavy (non-hydrogen) atoms. The fourth-order valence-electron chi connectivity index (χ4n) is 4.14. The predicted molar refractivity (Wildman–Crippen MR) is 99.2 cm³/mol. The number of aryl methyl sites for hydroxylation is 1. The van der Waals surface area contributed by atoms with Crippen molar-refractivity contribution >= 4 is 11.0 Å². The summed E-state index contributed by atoms with van der Waals surface area (Å²) in [7, 11) is 0. The van der Waals surface area contributed by atoms with Crippen LogP contribution in [-0.4, -0.2) is 60.0 Å². The number of ether oxygens (including phenoxy) is 1. The SMILES string of the molecule is O=c1n(CCCN2CCOCC2)c2ccccc2n1C1CCNCC1. The van der Waals surface area contributed by atoms with Crippen LogP contribution in [0.4, 0.5) is 0 Å². The lowest BCUT2D eigenvalue weighted by Gasteiger charge is -2.26. The van der Waals surface area contributed by atoms with E-state index in [1.807, 2.05) is 21.3 Å². The number of benzene rings is 1. The molecule has 0 aliphatic carbocycles. The molecule has 0 saturated carbocycles. The van der Waals surface area contributed by atoms with Gasteiger partial charge in [-0.15, -0.1) is 0 Å². The number of para-hydroxylation sites is 2. The zero-order chi connectivity index (χ0) is 17.1. The van der Waals surface area contributed by atoms with E-state index >= 15 is 0 Å². The first kappa shape index (κ1) is 16.8. The van der Waals surface area contributed by atoms with Crippen molar-refractivity contribution in [2.24, 2.45) is 0 Å². The Morgan fingerprint density at radius 3 is 2.52 bits per heavy atom. The third-order valence-electron chi connectivity index (χ3n) is 5.50. The average Bonchev–Trinajstić information content (AvgIpc) is 2.95. The minimum Gasteiger partial charge on any atom is -0.379 e. The molecule has 0 bridgehead atoms. The summed E-state index contributed by atoms with van der Waals surface area (Å²) in [6.45, 7) is 7.47. The molecule has 0 radical (unpaired) electrons. The van der Waals surface area contributed by atoms with Gasteiger partial charge in [-0.25, -0.2) is 4.79 Å². The quantitative estimate of drug-likeness (QED) is 0.892. The van der Waals surface area contributed by atoms with E-state index < -0.39 is 0 Å². The van der Waals surface area contributed by atoms with Gasteiger partial charge in [-0.05, 0) is 44.5 Å². The molecule has 2 saturated heterocycles. The fraction of sp³-hybridized carbons (Fsp3) is 0.632. The fourth-order valence-corrected chi connectivity index (χ4v) is 4.14. The molecule has 1 aromatic heterocycles. The van der Waals surface area contributed by atoms with Gasteiger partial charge in [-0.1, -0.05) is 12.1 Å². The predicted octanol–water partition coefficient (Wildman–Crippen LogP) is 1.45. The number of nitrogens with zero attached hydrogens (tertiary/aromatic N) is 3. The second kappa shape index (κ2) is 7.72. The molecule has 0 spiro atoms. The van der Waals surface area contributed by atoms with Crippen molar-refractivity contribution in [2.75, 3.05) is 45.9 Å². The summed E-state index contributed by atoms with van der Waals surface area (Å²) in [5.74, 6) is 0. The highest BCUT2D eigenvalue weighted by molar-refractivity contribution is 5.76. The summed E-state index contributed by atoms with van der Waals surface area (Å²) in [6, 6.07) is 8.57. The van der Waals surface area contributed by atoms with Crippen LogP contribution in [-0.2, 0) is 11.3 Å². The van der Waals surface area contributed by atoms with Gasteiger partial charge in [0.1, 0.15) is 0 Å². The lowest BCUT2D eigenvalue weighted by molar-refractivity contribution is 0.0369. The lowest BCUT2D eigenvalue weighted by Crippen LogP contribution is -2.38. The number of fused-ring (bicyclic) bond motifs is 1. The first-order valence-electron chi connectivity index (χ1n) is 9.55. The number of hydrogen-bond donors (Lipinski definition) is 1. The minimum absolute atomic E-state index is 0.162. The molecule has 2 aliphatic heterocycles. The summed E-state index contributed by atoms with van der Waals surface area (Å²) in [6.07, 6.45) is 3.06. The molecule has 3 heterocycles. The number of morpholine rings is 1. The van der Waals surface area contributed by atoms with Crippen LogP contribution in [0.15, 0.2) is 29.1 Å². The van der Waals surface area contributed by atoms with Crippen LogP contribution in [0.2, 0.25) is 0 Å².